The predicted octanol–water partition coefficient (Wildman–Crippen LogP) is 5.83. The van der Waals surface area contributed by atoms with Gasteiger partial charge in [0.1, 0.15) is 17.3 Å². The van der Waals surface area contributed by atoms with Crippen LogP contribution in [-0.4, -0.2) is 24.2 Å². The molecule has 1 amide bonds. The zero-order valence-corrected chi connectivity index (χ0v) is 17.8. The first-order valence-corrected chi connectivity index (χ1v) is 10.7. The number of carbonyl (C=O) groups excluding carboxylic acids is 1. The fourth-order valence-corrected chi connectivity index (χ4v) is 4.51. The number of halogens is 1. The maximum absolute atomic E-state index is 13.8. The van der Waals surface area contributed by atoms with Crippen molar-refractivity contribution in [2.75, 3.05) is 7.11 Å². The molecule has 0 bridgehead atoms. The highest BCUT2D eigenvalue weighted by molar-refractivity contribution is 5.82. The van der Waals surface area contributed by atoms with Gasteiger partial charge in [-0.05, 0) is 98.5 Å². The van der Waals surface area contributed by atoms with Gasteiger partial charge in [0.15, 0.2) is 0 Å². The van der Waals surface area contributed by atoms with Crippen LogP contribution in [0.2, 0.25) is 0 Å². The molecule has 1 aliphatic carbocycles. The van der Waals surface area contributed by atoms with Crippen molar-refractivity contribution in [1.82, 2.24) is 10.3 Å². The van der Waals surface area contributed by atoms with Gasteiger partial charge < -0.3 is 14.8 Å². The van der Waals surface area contributed by atoms with Crippen molar-refractivity contribution in [2.45, 2.75) is 44.6 Å². The molecule has 1 fully saturated rings. The Balaban J connectivity index is 1.33. The van der Waals surface area contributed by atoms with Crippen molar-refractivity contribution >= 4 is 17.0 Å². The van der Waals surface area contributed by atoms with Crippen molar-refractivity contribution in [3.8, 4) is 11.5 Å². The van der Waals surface area contributed by atoms with E-state index in [-0.39, 0.29) is 11.9 Å². The smallest absolute Gasteiger partial charge is 0.412 e. The molecule has 0 saturated heterocycles. The van der Waals surface area contributed by atoms with Crippen LogP contribution in [0.15, 0.2) is 54.7 Å². The zero-order chi connectivity index (χ0) is 21.8. The summed E-state index contributed by atoms with van der Waals surface area (Å²) in [5.74, 6) is 1.71. The maximum Gasteiger partial charge on any atom is 0.412 e. The van der Waals surface area contributed by atoms with Crippen LogP contribution in [-0.2, 0) is 0 Å². The van der Waals surface area contributed by atoms with Crippen LogP contribution in [0.4, 0.5) is 9.18 Å². The highest BCUT2D eigenvalue weighted by atomic mass is 19.1. The van der Waals surface area contributed by atoms with E-state index in [0.717, 1.165) is 36.6 Å². The lowest BCUT2D eigenvalue weighted by atomic mass is 9.75. The first kappa shape index (κ1) is 21.1. The summed E-state index contributed by atoms with van der Waals surface area (Å²) in [4.78, 5) is 16.6. The number of aromatic nitrogens is 1. The lowest BCUT2D eigenvalue weighted by Crippen LogP contribution is -2.40. The highest BCUT2D eigenvalue weighted by Gasteiger charge is 2.28. The van der Waals surface area contributed by atoms with Crippen LogP contribution >= 0.6 is 0 Å². The lowest BCUT2D eigenvalue weighted by molar-refractivity contribution is 0.185. The molecule has 1 unspecified atom stereocenters. The Kier molecular flexibility index (Phi) is 6.35. The van der Waals surface area contributed by atoms with Crippen molar-refractivity contribution < 1.29 is 18.7 Å². The van der Waals surface area contributed by atoms with E-state index in [2.05, 4.69) is 10.3 Å². The number of amides is 1. The molecular weight excluding hydrogens is 395 g/mol. The van der Waals surface area contributed by atoms with E-state index in [1.165, 1.54) is 11.6 Å². The van der Waals surface area contributed by atoms with E-state index in [4.69, 9.17) is 9.47 Å². The summed E-state index contributed by atoms with van der Waals surface area (Å²) in [5.41, 5.74) is 2.00. The van der Waals surface area contributed by atoms with Gasteiger partial charge in [0.2, 0.25) is 0 Å². The molecular formula is C25H27FN2O3. The van der Waals surface area contributed by atoms with Gasteiger partial charge in [-0.3, -0.25) is 4.98 Å². The Morgan fingerprint density at radius 2 is 1.77 bits per heavy atom. The van der Waals surface area contributed by atoms with Gasteiger partial charge in [0.25, 0.3) is 0 Å². The molecule has 3 aromatic rings. The third kappa shape index (κ3) is 4.95. The van der Waals surface area contributed by atoms with E-state index < -0.39 is 6.09 Å². The summed E-state index contributed by atoms with van der Waals surface area (Å²) in [7, 11) is 1.59. The van der Waals surface area contributed by atoms with E-state index >= 15 is 0 Å². The average molecular weight is 423 g/mol. The standard InChI is InChI=1S/C25H27FN2O3/c1-16(28-25(29)31-21-10-8-20(30-2)9-11-21)17-3-5-18(6-4-17)22-13-14-27-24-12-7-19(26)15-23(22)24/h7-18H,3-6H2,1-2H3,(H,28,29). The molecule has 4 rings (SSSR count). The SMILES string of the molecule is COc1ccc(OC(=O)NC(C)C2CCC(c3ccnc4ccc(F)cc34)CC2)cc1. The summed E-state index contributed by atoms with van der Waals surface area (Å²) in [6.07, 6.45) is 5.35. The molecule has 162 valence electrons. The Morgan fingerprint density at radius 3 is 2.48 bits per heavy atom. The number of ether oxygens (including phenoxy) is 2. The number of hydrogen-bond donors (Lipinski definition) is 1. The Morgan fingerprint density at radius 1 is 1.06 bits per heavy atom. The van der Waals surface area contributed by atoms with Gasteiger partial charge >= 0.3 is 6.09 Å². The van der Waals surface area contributed by atoms with E-state index in [1.54, 1.807) is 49.7 Å². The monoisotopic (exact) mass is 422 g/mol. The Labute approximate surface area is 181 Å². The molecule has 1 aliphatic rings. The van der Waals surface area contributed by atoms with Crippen LogP contribution in [0.25, 0.3) is 10.9 Å². The van der Waals surface area contributed by atoms with Crippen molar-refractivity contribution in [3.63, 3.8) is 0 Å². The van der Waals surface area contributed by atoms with Gasteiger partial charge in [-0.15, -0.1) is 0 Å². The Bertz CT molecular complexity index is 1050. The molecule has 1 N–H and O–H groups in total. The molecule has 0 radical (unpaired) electrons. The average Bonchev–Trinajstić information content (AvgIpc) is 2.79. The van der Waals surface area contributed by atoms with Gasteiger partial charge in [-0.2, -0.15) is 0 Å². The van der Waals surface area contributed by atoms with Gasteiger partial charge in [0.05, 0.1) is 12.6 Å². The quantitative estimate of drug-likeness (QED) is 0.562. The molecule has 0 spiro atoms. The van der Waals surface area contributed by atoms with Gasteiger partial charge in [-0.1, -0.05) is 0 Å². The van der Waals surface area contributed by atoms with Crippen LogP contribution in [0.3, 0.4) is 0 Å². The number of pyridine rings is 1. The van der Waals surface area contributed by atoms with Gasteiger partial charge in [0, 0.05) is 17.6 Å². The zero-order valence-electron chi connectivity index (χ0n) is 17.8. The van der Waals surface area contributed by atoms with E-state index in [1.807, 2.05) is 13.0 Å². The first-order chi connectivity index (χ1) is 15.0. The normalized spacial score (nSPS) is 19.6. The second-order valence-corrected chi connectivity index (χ2v) is 8.17. The fourth-order valence-electron chi connectivity index (χ4n) is 4.51. The summed E-state index contributed by atoms with van der Waals surface area (Å²) in [5, 5.41) is 3.87. The molecule has 1 atom stereocenters. The van der Waals surface area contributed by atoms with E-state index in [9.17, 15) is 9.18 Å². The van der Waals surface area contributed by atoms with Crippen LogP contribution in [0.5, 0.6) is 11.5 Å². The number of benzene rings is 2. The fraction of sp³-hybridized carbons (Fsp3) is 0.360. The molecule has 31 heavy (non-hydrogen) atoms. The van der Waals surface area contributed by atoms with E-state index in [0.29, 0.717) is 23.3 Å². The summed E-state index contributed by atoms with van der Waals surface area (Å²) in [6.45, 7) is 2.03. The third-order valence-corrected chi connectivity index (χ3v) is 6.27. The third-order valence-electron chi connectivity index (χ3n) is 6.27. The Hall–Kier alpha value is -3.15. The molecule has 1 aromatic heterocycles. The summed E-state index contributed by atoms with van der Waals surface area (Å²) in [6, 6.07) is 13.7. The lowest BCUT2D eigenvalue weighted by Gasteiger charge is -2.33. The number of carbonyl (C=O) groups is 1. The second-order valence-electron chi connectivity index (χ2n) is 8.17. The molecule has 1 heterocycles. The van der Waals surface area contributed by atoms with Crippen LogP contribution in [0.1, 0.15) is 44.1 Å². The summed E-state index contributed by atoms with van der Waals surface area (Å²) >= 11 is 0. The second kappa shape index (κ2) is 9.33. The molecule has 0 aliphatic heterocycles. The topological polar surface area (TPSA) is 60.5 Å². The van der Waals surface area contributed by atoms with Crippen molar-refractivity contribution in [2.24, 2.45) is 5.92 Å². The largest absolute Gasteiger partial charge is 0.497 e. The van der Waals surface area contributed by atoms with Crippen LogP contribution < -0.4 is 14.8 Å². The molecule has 5 nitrogen and oxygen atoms in total. The first-order valence-electron chi connectivity index (χ1n) is 10.7. The number of rotatable bonds is 5. The number of nitrogens with one attached hydrogen (secondary N) is 1. The number of hydrogen-bond acceptors (Lipinski definition) is 4. The molecule has 2 aromatic carbocycles. The predicted molar refractivity (Wildman–Crippen MR) is 118 cm³/mol. The van der Waals surface area contributed by atoms with Gasteiger partial charge in [-0.25, -0.2) is 9.18 Å². The number of nitrogens with zero attached hydrogens (tertiary/aromatic N) is 1. The van der Waals surface area contributed by atoms with Crippen LogP contribution in [0, 0.1) is 11.7 Å². The number of methoxy groups -OCH3 is 1. The van der Waals surface area contributed by atoms with Crippen molar-refractivity contribution in [3.05, 3.63) is 66.1 Å². The molecule has 1 saturated carbocycles. The van der Waals surface area contributed by atoms with Crippen molar-refractivity contribution in [1.29, 1.82) is 0 Å². The molecule has 6 heteroatoms. The minimum atomic E-state index is -0.449. The highest BCUT2D eigenvalue weighted by Crippen LogP contribution is 2.39. The maximum atomic E-state index is 13.8. The minimum Gasteiger partial charge on any atom is -0.497 e. The summed E-state index contributed by atoms with van der Waals surface area (Å²) < 4.78 is 24.3. The number of fused-ring (bicyclic) bond motifs is 1. The minimum absolute atomic E-state index is 0.0123.